The van der Waals surface area contributed by atoms with Gasteiger partial charge in [-0.25, -0.2) is 16.8 Å². The molecule has 0 N–H and O–H groups in total. The van der Waals surface area contributed by atoms with Crippen LogP contribution < -0.4 is 0 Å². The Labute approximate surface area is 173 Å². The van der Waals surface area contributed by atoms with E-state index >= 15 is 0 Å². The normalized spacial score (nSPS) is 12.2. The quantitative estimate of drug-likeness (QED) is 0.356. The molecule has 0 aliphatic heterocycles. The number of benzene rings is 3. The Hall–Kier alpha value is -3.38. The maximum atomic E-state index is 14.2. The van der Waals surface area contributed by atoms with Gasteiger partial charge in [0.05, 0.1) is 15.9 Å². The van der Waals surface area contributed by atoms with Crippen molar-refractivity contribution in [1.82, 2.24) is 8.54 Å². The van der Waals surface area contributed by atoms with Crippen molar-refractivity contribution < 1.29 is 12.8 Å². The third kappa shape index (κ3) is 2.53. The van der Waals surface area contributed by atoms with Gasteiger partial charge in [0, 0.05) is 22.7 Å². The highest BCUT2D eigenvalue weighted by molar-refractivity contribution is 7.90. The fourth-order valence-corrected chi connectivity index (χ4v) is 5.67. The molecule has 0 amide bonds. The van der Waals surface area contributed by atoms with E-state index in [0.29, 0.717) is 23.1 Å². The van der Waals surface area contributed by atoms with Crippen molar-refractivity contribution in [2.24, 2.45) is 0 Å². The van der Waals surface area contributed by atoms with Crippen molar-refractivity contribution in [3.8, 4) is 0 Å². The van der Waals surface area contributed by atoms with Crippen LogP contribution in [0.4, 0.5) is 4.39 Å². The summed E-state index contributed by atoms with van der Waals surface area (Å²) < 4.78 is 45.0. The maximum absolute atomic E-state index is 14.2. The number of hydrogen-bond acceptors (Lipinski definition) is 2. The van der Waals surface area contributed by atoms with E-state index in [4.69, 9.17) is 0 Å². The minimum absolute atomic E-state index is 0.187. The SMILES string of the molecule is C=CCn1c2ccccc2c2c3cc(F)ccc3n(S(=O)(=O)c3ccc(C)cc3)c21. The second-order valence-electron chi connectivity index (χ2n) is 7.36. The smallest absolute Gasteiger partial charge is 0.269 e. The van der Waals surface area contributed by atoms with Crippen LogP contribution in [0.15, 0.2) is 84.3 Å². The number of rotatable bonds is 4. The lowest BCUT2D eigenvalue weighted by atomic mass is 10.1. The highest BCUT2D eigenvalue weighted by Gasteiger charge is 2.27. The summed E-state index contributed by atoms with van der Waals surface area (Å²) in [6, 6.07) is 18.7. The van der Waals surface area contributed by atoms with E-state index in [1.54, 1.807) is 30.3 Å². The van der Waals surface area contributed by atoms with Crippen molar-refractivity contribution in [1.29, 1.82) is 0 Å². The summed E-state index contributed by atoms with van der Waals surface area (Å²) in [6.45, 7) is 6.17. The molecule has 0 atom stereocenters. The standard InChI is InChI=1S/C24H19FN2O2S/c1-3-14-26-21-7-5-4-6-19(21)23-20-15-17(25)10-13-22(20)27(24(23)26)30(28,29)18-11-8-16(2)9-12-18/h3-13,15H,1,14H2,2H3. The van der Waals surface area contributed by atoms with Gasteiger partial charge in [-0.3, -0.25) is 0 Å². The van der Waals surface area contributed by atoms with Crippen LogP contribution in [0.2, 0.25) is 0 Å². The first-order chi connectivity index (χ1) is 14.4. The number of fused-ring (bicyclic) bond motifs is 5. The van der Waals surface area contributed by atoms with Gasteiger partial charge in [-0.15, -0.1) is 6.58 Å². The number of aromatic nitrogens is 2. The van der Waals surface area contributed by atoms with Crippen LogP contribution in [0.1, 0.15) is 5.56 Å². The van der Waals surface area contributed by atoms with Gasteiger partial charge in [-0.05, 0) is 43.3 Å². The predicted molar refractivity (Wildman–Crippen MR) is 119 cm³/mol. The largest absolute Gasteiger partial charge is 0.322 e. The van der Waals surface area contributed by atoms with Gasteiger partial charge in [0.1, 0.15) is 11.5 Å². The van der Waals surface area contributed by atoms with Gasteiger partial charge in [0.15, 0.2) is 0 Å². The van der Waals surface area contributed by atoms with E-state index in [1.807, 2.05) is 35.8 Å². The van der Waals surface area contributed by atoms with E-state index < -0.39 is 15.8 Å². The van der Waals surface area contributed by atoms with Gasteiger partial charge >= 0.3 is 0 Å². The first kappa shape index (κ1) is 18.6. The summed E-state index contributed by atoms with van der Waals surface area (Å²) in [5.74, 6) is -0.408. The highest BCUT2D eigenvalue weighted by atomic mass is 32.2. The fourth-order valence-electron chi connectivity index (χ4n) is 4.14. The van der Waals surface area contributed by atoms with Crippen LogP contribution >= 0.6 is 0 Å². The molecule has 0 saturated carbocycles. The minimum Gasteiger partial charge on any atom is -0.322 e. The fraction of sp³-hybridized carbons (Fsp3) is 0.0833. The molecular formula is C24H19FN2O2S. The van der Waals surface area contributed by atoms with E-state index in [1.165, 1.54) is 22.2 Å². The van der Waals surface area contributed by atoms with Crippen LogP contribution in [0, 0.1) is 12.7 Å². The lowest BCUT2D eigenvalue weighted by Gasteiger charge is -2.12. The Morgan fingerprint density at radius 2 is 1.70 bits per heavy atom. The maximum Gasteiger partial charge on any atom is 0.269 e. The predicted octanol–water partition coefficient (Wildman–Crippen LogP) is 5.62. The zero-order chi connectivity index (χ0) is 21.0. The molecule has 0 bridgehead atoms. The minimum atomic E-state index is -3.93. The van der Waals surface area contributed by atoms with Gasteiger partial charge < -0.3 is 4.57 Å². The molecule has 0 aliphatic carbocycles. The molecule has 150 valence electrons. The van der Waals surface area contributed by atoms with Crippen molar-refractivity contribution in [3.63, 3.8) is 0 Å². The molecule has 4 nitrogen and oxygen atoms in total. The van der Waals surface area contributed by atoms with E-state index in [0.717, 1.165) is 21.9 Å². The zero-order valence-corrected chi connectivity index (χ0v) is 17.2. The van der Waals surface area contributed by atoms with Crippen molar-refractivity contribution in [3.05, 3.63) is 90.8 Å². The van der Waals surface area contributed by atoms with Gasteiger partial charge in [-0.2, -0.15) is 0 Å². The molecule has 0 spiro atoms. The summed E-state index contributed by atoms with van der Waals surface area (Å²) in [7, 11) is -3.93. The Bertz CT molecular complexity index is 1560. The molecule has 2 aromatic heterocycles. The van der Waals surface area contributed by atoms with Gasteiger partial charge in [-0.1, -0.05) is 42.0 Å². The lowest BCUT2D eigenvalue weighted by Crippen LogP contribution is -2.15. The summed E-state index contributed by atoms with van der Waals surface area (Å²) in [5.41, 5.74) is 2.81. The van der Waals surface area contributed by atoms with Crippen LogP contribution in [-0.2, 0) is 16.6 Å². The zero-order valence-electron chi connectivity index (χ0n) is 16.3. The molecule has 0 unspecified atom stereocenters. The lowest BCUT2D eigenvalue weighted by molar-refractivity contribution is 0.589. The van der Waals surface area contributed by atoms with Crippen LogP contribution in [0.3, 0.4) is 0 Å². The Morgan fingerprint density at radius 3 is 2.43 bits per heavy atom. The number of halogens is 1. The molecule has 0 aliphatic rings. The van der Waals surface area contributed by atoms with Crippen LogP contribution in [0.5, 0.6) is 0 Å². The molecule has 3 aromatic carbocycles. The molecule has 0 saturated heterocycles. The Kier molecular flexibility index (Phi) is 4.08. The topological polar surface area (TPSA) is 44.0 Å². The van der Waals surface area contributed by atoms with Gasteiger partial charge in [0.2, 0.25) is 0 Å². The molecule has 0 radical (unpaired) electrons. The average molecular weight is 418 g/mol. The molecule has 0 fully saturated rings. The van der Waals surface area contributed by atoms with Gasteiger partial charge in [0.25, 0.3) is 10.0 Å². The summed E-state index contributed by atoms with van der Waals surface area (Å²) in [4.78, 5) is 0.187. The second-order valence-corrected chi connectivity index (χ2v) is 9.15. The summed E-state index contributed by atoms with van der Waals surface area (Å²) >= 11 is 0. The van der Waals surface area contributed by atoms with Crippen molar-refractivity contribution in [2.45, 2.75) is 18.4 Å². The third-order valence-corrected chi connectivity index (χ3v) is 7.17. The monoisotopic (exact) mass is 418 g/mol. The first-order valence-corrected chi connectivity index (χ1v) is 11.0. The Balaban J connectivity index is 2.03. The molecular weight excluding hydrogens is 399 g/mol. The number of aryl methyl sites for hydroxylation is 1. The average Bonchev–Trinajstić information content (AvgIpc) is 3.22. The van der Waals surface area contributed by atoms with E-state index in [9.17, 15) is 12.8 Å². The number of nitrogens with zero attached hydrogens (tertiary/aromatic N) is 2. The van der Waals surface area contributed by atoms with Crippen molar-refractivity contribution >= 4 is 42.9 Å². The number of hydrogen-bond donors (Lipinski definition) is 0. The Morgan fingerprint density at radius 1 is 0.967 bits per heavy atom. The second kappa shape index (κ2) is 6.57. The summed E-state index contributed by atoms with van der Waals surface area (Å²) in [6.07, 6.45) is 1.73. The van der Waals surface area contributed by atoms with Crippen molar-refractivity contribution in [2.75, 3.05) is 0 Å². The first-order valence-electron chi connectivity index (χ1n) is 9.57. The highest BCUT2D eigenvalue weighted by Crippen LogP contribution is 2.39. The van der Waals surface area contributed by atoms with E-state index in [2.05, 4.69) is 6.58 Å². The van der Waals surface area contributed by atoms with Crippen LogP contribution in [0.25, 0.3) is 32.8 Å². The molecule has 6 heteroatoms. The summed E-state index contributed by atoms with van der Waals surface area (Å²) in [5, 5.41) is 2.17. The molecule has 30 heavy (non-hydrogen) atoms. The molecule has 2 heterocycles. The number of para-hydroxylation sites is 1. The number of allylic oxidation sites excluding steroid dienone is 1. The van der Waals surface area contributed by atoms with E-state index in [-0.39, 0.29) is 4.90 Å². The third-order valence-electron chi connectivity index (χ3n) is 5.45. The molecule has 5 rings (SSSR count). The molecule has 5 aromatic rings. The van der Waals surface area contributed by atoms with Crippen LogP contribution in [-0.4, -0.2) is 17.0 Å².